The average Bonchev–Trinajstić information content (AvgIpc) is 4.05. The molecule has 0 radical (unpaired) electrons. The molecule has 4 atom stereocenters. The summed E-state index contributed by atoms with van der Waals surface area (Å²) in [6.45, 7) is 41.2. The smallest absolute Gasteiger partial charge is 0.143 e. The molecular formula is C72H94N2O2S2. The third kappa shape index (κ3) is 11.2. The molecule has 6 heteroatoms. The summed E-state index contributed by atoms with van der Waals surface area (Å²) in [6.07, 6.45) is 6.98. The second kappa shape index (κ2) is 20.5. The van der Waals surface area contributed by atoms with Crippen molar-refractivity contribution in [2.45, 2.75) is 218 Å². The number of aromatic hydroxyl groups is 2. The van der Waals surface area contributed by atoms with Gasteiger partial charge >= 0.3 is 0 Å². The molecule has 9 rings (SSSR count). The van der Waals surface area contributed by atoms with Gasteiger partial charge in [0.1, 0.15) is 11.5 Å². The van der Waals surface area contributed by atoms with Gasteiger partial charge in [-0.05, 0) is 139 Å². The lowest BCUT2D eigenvalue weighted by Gasteiger charge is -2.34. The van der Waals surface area contributed by atoms with E-state index in [0.29, 0.717) is 33.5 Å². The number of phenolic OH excluding ortho intramolecular Hbond substituents is 2. The van der Waals surface area contributed by atoms with Crippen LogP contribution in [0.1, 0.15) is 208 Å². The lowest BCUT2D eigenvalue weighted by atomic mass is 9.85. The third-order valence-corrected chi connectivity index (χ3v) is 21.6. The van der Waals surface area contributed by atoms with Crippen molar-refractivity contribution in [2.24, 2.45) is 0 Å². The van der Waals surface area contributed by atoms with Crippen LogP contribution in [0.5, 0.6) is 11.5 Å². The van der Waals surface area contributed by atoms with Crippen LogP contribution >= 0.6 is 21.0 Å². The Morgan fingerprint density at radius 3 is 0.872 bits per heavy atom. The summed E-state index contributed by atoms with van der Waals surface area (Å²) in [5.41, 5.74) is 15.3. The lowest BCUT2D eigenvalue weighted by molar-refractivity contribution is 0.466. The van der Waals surface area contributed by atoms with Gasteiger partial charge < -0.3 is 19.3 Å². The fraction of sp³-hybridized carbons (Fsp3) is 0.472. The van der Waals surface area contributed by atoms with E-state index >= 15 is 0 Å². The van der Waals surface area contributed by atoms with Crippen LogP contribution in [-0.4, -0.2) is 41.6 Å². The molecule has 0 saturated heterocycles. The van der Waals surface area contributed by atoms with Crippen molar-refractivity contribution in [1.29, 1.82) is 0 Å². The van der Waals surface area contributed by atoms with E-state index in [0.717, 1.165) is 57.4 Å². The van der Waals surface area contributed by atoms with Gasteiger partial charge in [0.25, 0.3) is 0 Å². The molecule has 1 aliphatic rings. The Hall–Kier alpha value is -5.04. The molecule has 416 valence electrons. The minimum atomic E-state index is -0.336. The summed E-state index contributed by atoms with van der Waals surface area (Å²) < 4.78 is 4.67. The number of aromatic nitrogens is 2. The van der Waals surface area contributed by atoms with Gasteiger partial charge in [0.2, 0.25) is 0 Å². The van der Waals surface area contributed by atoms with Crippen molar-refractivity contribution in [3.63, 3.8) is 0 Å². The molecule has 0 amide bonds. The summed E-state index contributed by atoms with van der Waals surface area (Å²) in [7, 11) is -0.672. The van der Waals surface area contributed by atoms with E-state index in [1.54, 1.807) is 0 Å². The van der Waals surface area contributed by atoms with Crippen LogP contribution < -0.4 is 0 Å². The van der Waals surface area contributed by atoms with E-state index in [4.69, 9.17) is 11.7 Å². The quantitative estimate of drug-likeness (QED) is 0.149. The number of nitrogens with zero attached hydrogens (tertiary/aromatic N) is 2. The molecule has 1 fully saturated rings. The molecule has 0 bridgehead atoms. The van der Waals surface area contributed by atoms with E-state index < -0.39 is 0 Å². The van der Waals surface area contributed by atoms with E-state index in [1.807, 2.05) is 0 Å². The van der Waals surface area contributed by atoms with Crippen molar-refractivity contribution >= 4 is 76.3 Å². The highest BCUT2D eigenvalue weighted by atomic mass is 32.2. The molecule has 2 heterocycles. The summed E-state index contributed by atoms with van der Waals surface area (Å²) in [4.78, 5) is 0. The van der Waals surface area contributed by atoms with Crippen molar-refractivity contribution in [2.75, 3.05) is 0 Å². The van der Waals surface area contributed by atoms with Crippen LogP contribution in [-0.2, 0) is 44.0 Å². The Morgan fingerprint density at radius 1 is 0.372 bits per heavy atom. The van der Waals surface area contributed by atoms with Crippen LogP contribution in [0, 0.1) is 0 Å². The molecule has 8 aromatic rings. The van der Waals surface area contributed by atoms with Gasteiger partial charge in [-0.3, -0.25) is 0 Å². The van der Waals surface area contributed by atoms with Crippen LogP contribution in [0.15, 0.2) is 97.1 Å². The lowest BCUT2D eigenvalue weighted by Crippen LogP contribution is -2.25. The van der Waals surface area contributed by atoms with Crippen LogP contribution in [0.25, 0.3) is 55.0 Å². The minimum Gasteiger partial charge on any atom is -0.505 e. The largest absolute Gasteiger partial charge is 0.505 e. The second-order valence-corrected chi connectivity index (χ2v) is 33.5. The Morgan fingerprint density at radius 2 is 0.628 bits per heavy atom. The molecule has 78 heavy (non-hydrogen) atoms. The Labute approximate surface area is 474 Å². The van der Waals surface area contributed by atoms with Crippen LogP contribution in [0.4, 0.5) is 0 Å². The SMILES string of the molecule is C=S(Cc1cc(C(C)(C)C)cc(-n2c3ccc(C(C)(C)C)cc3c3cc(C(C)(C)C)ccc32)c1O)[C@H]1CCCCCC[C@@H]1S(=C)Cc1cc(C(C)(C)C)cc(-n2c3ccc(C(C)(C)C)cc3c3cc(C(C)(C)C)ccc32)c1O. The van der Waals surface area contributed by atoms with Crippen LogP contribution in [0.3, 0.4) is 0 Å². The Bertz CT molecular complexity index is 3270. The summed E-state index contributed by atoms with van der Waals surface area (Å²) in [6, 6.07) is 36.9. The van der Waals surface area contributed by atoms with Crippen molar-refractivity contribution < 1.29 is 10.2 Å². The van der Waals surface area contributed by atoms with Gasteiger partial charge in [-0.25, -0.2) is 0 Å². The van der Waals surface area contributed by atoms with Gasteiger partial charge in [-0.15, -0.1) is 0 Å². The maximum atomic E-state index is 12.9. The molecule has 1 aliphatic carbocycles. The van der Waals surface area contributed by atoms with Crippen molar-refractivity contribution in [1.82, 2.24) is 9.13 Å². The van der Waals surface area contributed by atoms with Gasteiger partial charge in [0.15, 0.2) is 0 Å². The molecule has 6 aromatic carbocycles. The second-order valence-electron chi connectivity index (χ2n) is 29.5. The highest BCUT2D eigenvalue weighted by molar-refractivity contribution is 8.17. The van der Waals surface area contributed by atoms with Crippen LogP contribution in [0.2, 0.25) is 0 Å². The fourth-order valence-electron chi connectivity index (χ4n) is 12.0. The van der Waals surface area contributed by atoms with Gasteiger partial charge in [0.05, 0.1) is 33.4 Å². The predicted molar refractivity (Wildman–Crippen MR) is 349 cm³/mol. The van der Waals surface area contributed by atoms with Crippen molar-refractivity contribution in [3.05, 3.63) is 142 Å². The number of rotatable bonds is 8. The molecule has 2 aromatic heterocycles. The molecule has 0 spiro atoms. The highest BCUT2D eigenvalue weighted by Gasteiger charge is 2.32. The Balaban J connectivity index is 1.13. The molecule has 0 aliphatic heterocycles. The first-order valence-corrected chi connectivity index (χ1v) is 32.3. The summed E-state index contributed by atoms with van der Waals surface area (Å²) in [5, 5.41) is 31.4. The number of benzene rings is 6. The van der Waals surface area contributed by atoms with E-state index in [2.05, 4.69) is 231 Å². The maximum Gasteiger partial charge on any atom is 0.143 e. The predicted octanol–water partition coefficient (Wildman–Crippen LogP) is 20.3. The van der Waals surface area contributed by atoms with Gasteiger partial charge in [-0.2, -0.15) is 21.0 Å². The van der Waals surface area contributed by atoms with Gasteiger partial charge in [-0.1, -0.05) is 198 Å². The molecular weight excluding hydrogens is 989 g/mol. The monoisotopic (exact) mass is 1080 g/mol. The van der Waals surface area contributed by atoms with E-state index in [-0.39, 0.29) is 53.5 Å². The fourth-order valence-corrected chi connectivity index (χ4v) is 16.7. The Kier molecular flexibility index (Phi) is 15.1. The first kappa shape index (κ1) is 57.6. The third-order valence-electron chi connectivity index (χ3n) is 17.2. The number of hydrogen-bond acceptors (Lipinski definition) is 2. The molecule has 1 saturated carbocycles. The van der Waals surface area contributed by atoms with Gasteiger partial charge in [0, 0.05) is 54.7 Å². The molecule has 4 nitrogen and oxygen atoms in total. The van der Waals surface area contributed by atoms with E-state index in [9.17, 15) is 10.2 Å². The van der Waals surface area contributed by atoms with Crippen molar-refractivity contribution in [3.8, 4) is 22.9 Å². The van der Waals surface area contributed by atoms with E-state index in [1.165, 1.54) is 80.6 Å². The zero-order valence-electron chi connectivity index (χ0n) is 51.1. The summed E-state index contributed by atoms with van der Waals surface area (Å²) in [5.74, 6) is 12.3. The molecule has 2 N–H and O–H groups in total. The zero-order valence-corrected chi connectivity index (χ0v) is 52.7. The first-order chi connectivity index (χ1) is 36.1. The average molecular weight is 1080 g/mol. The number of fused-ring (bicyclic) bond motifs is 6. The number of phenols is 2. The maximum absolute atomic E-state index is 12.9. The summed E-state index contributed by atoms with van der Waals surface area (Å²) >= 11 is 0. The highest BCUT2D eigenvalue weighted by Crippen LogP contribution is 2.49. The standard InChI is InChI=1S/C72H94N2O2S2/c1-67(2,3)47-27-31-57-53(37-47)54-38-48(68(4,5)6)28-32-58(54)73(57)61-41-51(71(13,14)15)35-45(65(61)75)43-77(19)63-25-23-21-22-24-26-64(63)78(20)44-46-36-52(72(16,17)18)42-62(66(46)76)74-59-33-29-49(69(7,8)9)39-55(59)56-40-50(70(10,11)12)30-34-60(56)74/h27-42,63-64,75-76H,19-26,43-44H2,1-18H3/t63-,64-,77?,78?/m0/s1. The minimum absolute atomic E-state index is 0.0144. The molecule has 2 unspecified atom stereocenters. The first-order valence-electron chi connectivity index (χ1n) is 29.0. The normalized spacial score (nSPS) is 17.5. The topological polar surface area (TPSA) is 50.3 Å². The number of hydrogen-bond donors (Lipinski definition) is 2. The zero-order chi connectivity index (χ0) is 57.0.